The van der Waals surface area contributed by atoms with Crippen LogP contribution in [0, 0.1) is 5.92 Å². The van der Waals surface area contributed by atoms with Crippen molar-refractivity contribution in [2.24, 2.45) is 5.92 Å². The van der Waals surface area contributed by atoms with Crippen LogP contribution in [0.4, 0.5) is 19.0 Å². The largest absolute Gasteiger partial charge is 0.494 e. The van der Waals surface area contributed by atoms with Crippen LogP contribution in [0.15, 0.2) is 54.9 Å². The third-order valence-corrected chi connectivity index (χ3v) is 5.87. The van der Waals surface area contributed by atoms with Gasteiger partial charge in [-0.3, -0.25) is 4.79 Å². The molecule has 1 fully saturated rings. The zero-order chi connectivity index (χ0) is 25.3. The lowest BCUT2D eigenvalue weighted by Gasteiger charge is -2.11. The van der Waals surface area contributed by atoms with Crippen molar-refractivity contribution in [2.75, 3.05) is 18.9 Å². The van der Waals surface area contributed by atoms with Gasteiger partial charge in [0.1, 0.15) is 11.6 Å². The maximum Gasteiger partial charge on any atom is 0.419 e. The molecule has 11 heteroatoms. The van der Waals surface area contributed by atoms with Crippen molar-refractivity contribution in [3.63, 3.8) is 0 Å². The molecule has 0 atom stereocenters. The standard InChI is InChI=1S/C25H23F3N6O2/c26-25(27,28)19-12-17(13-32-23(19)29)20-8-9-22-31-14-21(34(22)33-20)15-4-6-18(7-5-15)36-11-1-10-30-24(35)16-2-3-16/h4-9,12-14,16H,1-3,10-11H2,(H2,29,32)(H,30,35). The van der Waals surface area contributed by atoms with Gasteiger partial charge in [0.2, 0.25) is 5.91 Å². The highest BCUT2D eigenvalue weighted by atomic mass is 19.4. The summed E-state index contributed by atoms with van der Waals surface area (Å²) in [5.74, 6) is 0.421. The van der Waals surface area contributed by atoms with Crippen LogP contribution in [-0.4, -0.2) is 38.6 Å². The van der Waals surface area contributed by atoms with E-state index in [1.165, 1.54) is 6.20 Å². The second kappa shape index (κ2) is 9.48. The fourth-order valence-corrected chi connectivity index (χ4v) is 3.75. The Labute approximate surface area is 204 Å². The van der Waals surface area contributed by atoms with Gasteiger partial charge >= 0.3 is 6.18 Å². The molecule has 4 aromatic rings. The number of fused-ring (bicyclic) bond motifs is 1. The topological polar surface area (TPSA) is 107 Å². The molecule has 1 aliphatic rings. The van der Waals surface area contributed by atoms with Crippen molar-refractivity contribution in [3.8, 4) is 28.3 Å². The Bertz CT molecular complexity index is 1400. The number of nitrogens with two attached hydrogens (primary N) is 1. The molecule has 0 bridgehead atoms. The number of aromatic nitrogens is 4. The third-order valence-electron chi connectivity index (χ3n) is 5.87. The molecule has 3 N–H and O–H groups in total. The van der Waals surface area contributed by atoms with Gasteiger partial charge in [-0.05, 0) is 61.7 Å². The lowest BCUT2D eigenvalue weighted by atomic mass is 10.1. The van der Waals surface area contributed by atoms with Crippen LogP contribution < -0.4 is 15.8 Å². The number of imidazole rings is 1. The van der Waals surface area contributed by atoms with Gasteiger partial charge in [-0.25, -0.2) is 14.5 Å². The molecular weight excluding hydrogens is 473 g/mol. The number of hydrogen-bond acceptors (Lipinski definition) is 6. The summed E-state index contributed by atoms with van der Waals surface area (Å²) in [4.78, 5) is 19.7. The van der Waals surface area contributed by atoms with E-state index in [1.54, 1.807) is 22.8 Å². The summed E-state index contributed by atoms with van der Waals surface area (Å²) in [7, 11) is 0. The van der Waals surface area contributed by atoms with Crippen LogP contribution >= 0.6 is 0 Å². The molecule has 1 aromatic carbocycles. The van der Waals surface area contributed by atoms with E-state index in [0.29, 0.717) is 42.4 Å². The first kappa shape index (κ1) is 23.6. The molecule has 0 saturated heterocycles. The second-order valence-electron chi connectivity index (χ2n) is 8.58. The number of rotatable bonds is 8. The summed E-state index contributed by atoms with van der Waals surface area (Å²) in [5.41, 5.74) is 6.92. The van der Waals surface area contributed by atoms with Crippen LogP contribution in [0.3, 0.4) is 0 Å². The molecular formula is C25H23F3N6O2. The minimum absolute atomic E-state index is 0.123. The number of ether oxygens (including phenoxy) is 1. The maximum atomic E-state index is 13.3. The molecule has 186 valence electrons. The SMILES string of the molecule is Nc1ncc(-c2ccc3ncc(-c4ccc(OCCCNC(=O)C5CC5)cc4)n3n2)cc1C(F)(F)F. The predicted octanol–water partition coefficient (Wildman–Crippen LogP) is 4.35. The number of carbonyl (C=O) groups excluding carboxylic acids is 1. The van der Waals surface area contributed by atoms with Crippen LogP contribution in [-0.2, 0) is 11.0 Å². The van der Waals surface area contributed by atoms with Gasteiger partial charge in [-0.1, -0.05) is 0 Å². The zero-order valence-electron chi connectivity index (χ0n) is 19.1. The highest BCUT2D eigenvalue weighted by molar-refractivity contribution is 5.80. The quantitative estimate of drug-likeness (QED) is 0.351. The summed E-state index contributed by atoms with van der Waals surface area (Å²) < 4.78 is 47.1. The summed E-state index contributed by atoms with van der Waals surface area (Å²) in [6.45, 7) is 1.05. The summed E-state index contributed by atoms with van der Waals surface area (Å²) in [6.07, 6.45) is 0.957. The fraction of sp³-hybridized carbons (Fsp3) is 0.280. The van der Waals surface area contributed by atoms with E-state index >= 15 is 0 Å². The molecule has 0 radical (unpaired) electrons. The van der Waals surface area contributed by atoms with E-state index in [4.69, 9.17) is 10.5 Å². The molecule has 0 aliphatic heterocycles. The van der Waals surface area contributed by atoms with Crippen LogP contribution in [0.25, 0.3) is 28.2 Å². The lowest BCUT2D eigenvalue weighted by molar-refractivity contribution is -0.137. The van der Waals surface area contributed by atoms with Gasteiger partial charge in [0.25, 0.3) is 0 Å². The van der Waals surface area contributed by atoms with Crippen LogP contribution in [0.5, 0.6) is 5.75 Å². The monoisotopic (exact) mass is 496 g/mol. The van der Waals surface area contributed by atoms with Gasteiger partial charge in [0, 0.05) is 29.8 Å². The molecule has 5 rings (SSSR count). The Morgan fingerprint density at radius 1 is 1.08 bits per heavy atom. The predicted molar refractivity (Wildman–Crippen MR) is 127 cm³/mol. The molecule has 0 unspecified atom stereocenters. The van der Waals surface area contributed by atoms with E-state index in [-0.39, 0.29) is 17.4 Å². The number of hydrogen-bond donors (Lipinski definition) is 2. The smallest absolute Gasteiger partial charge is 0.419 e. The Kier molecular flexibility index (Phi) is 6.21. The molecule has 36 heavy (non-hydrogen) atoms. The summed E-state index contributed by atoms with van der Waals surface area (Å²) >= 11 is 0. The fourth-order valence-electron chi connectivity index (χ4n) is 3.75. The molecule has 3 heterocycles. The van der Waals surface area contributed by atoms with Crippen molar-refractivity contribution in [1.29, 1.82) is 0 Å². The van der Waals surface area contributed by atoms with Crippen LogP contribution in [0.2, 0.25) is 0 Å². The average Bonchev–Trinajstić information content (AvgIpc) is 3.63. The van der Waals surface area contributed by atoms with Gasteiger partial charge < -0.3 is 15.8 Å². The highest BCUT2D eigenvalue weighted by Gasteiger charge is 2.34. The number of alkyl halides is 3. The van der Waals surface area contributed by atoms with Crippen LogP contribution in [0.1, 0.15) is 24.8 Å². The molecule has 3 aromatic heterocycles. The first-order valence-corrected chi connectivity index (χ1v) is 11.5. The number of pyridine rings is 1. The Morgan fingerprint density at radius 3 is 2.58 bits per heavy atom. The van der Waals surface area contributed by atoms with Crippen molar-refractivity contribution in [1.82, 2.24) is 24.9 Å². The Hall–Kier alpha value is -4.15. The summed E-state index contributed by atoms with van der Waals surface area (Å²) in [6, 6.07) is 11.6. The van der Waals surface area contributed by atoms with Crippen molar-refractivity contribution in [2.45, 2.75) is 25.4 Å². The van der Waals surface area contributed by atoms with E-state index < -0.39 is 17.6 Å². The number of carbonyl (C=O) groups is 1. The number of nitrogen functional groups attached to an aromatic ring is 1. The second-order valence-corrected chi connectivity index (χ2v) is 8.58. The highest BCUT2D eigenvalue weighted by Crippen LogP contribution is 2.35. The number of nitrogens with one attached hydrogen (secondary N) is 1. The molecule has 0 spiro atoms. The maximum absolute atomic E-state index is 13.3. The van der Waals surface area contributed by atoms with E-state index in [9.17, 15) is 18.0 Å². The minimum Gasteiger partial charge on any atom is -0.494 e. The lowest BCUT2D eigenvalue weighted by Crippen LogP contribution is -2.26. The Morgan fingerprint density at radius 2 is 1.86 bits per heavy atom. The Balaban J connectivity index is 1.29. The number of nitrogens with zero attached hydrogens (tertiary/aromatic N) is 4. The first-order chi connectivity index (χ1) is 17.3. The number of amides is 1. The normalized spacial score (nSPS) is 13.6. The third kappa shape index (κ3) is 5.09. The van der Waals surface area contributed by atoms with Crippen molar-refractivity contribution < 1.29 is 22.7 Å². The molecule has 1 amide bonds. The molecule has 1 saturated carbocycles. The van der Waals surface area contributed by atoms with Crippen molar-refractivity contribution >= 4 is 17.4 Å². The molecule has 8 nitrogen and oxygen atoms in total. The van der Waals surface area contributed by atoms with Gasteiger partial charge in [-0.2, -0.15) is 18.3 Å². The number of halogens is 3. The van der Waals surface area contributed by atoms with E-state index in [1.807, 2.05) is 24.3 Å². The van der Waals surface area contributed by atoms with E-state index in [0.717, 1.165) is 24.5 Å². The average molecular weight is 496 g/mol. The van der Waals surface area contributed by atoms with E-state index in [2.05, 4.69) is 20.4 Å². The van der Waals surface area contributed by atoms with Gasteiger partial charge in [-0.15, -0.1) is 0 Å². The van der Waals surface area contributed by atoms with Gasteiger partial charge in [0.05, 0.1) is 29.8 Å². The van der Waals surface area contributed by atoms with Crippen molar-refractivity contribution in [3.05, 3.63) is 60.4 Å². The summed E-state index contributed by atoms with van der Waals surface area (Å²) in [5, 5.41) is 7.40. The van der Waals surface area contributed by atoms with Gasteiger partial charge in [0.15, 0.2) is 5.65 Å². The first-order valence-electron chi connectivity index (χ1n) is 11.5. The minimum atomic E-state index is -4.62. The zero-order valence-corrected chi connectivity index (χ0v) is 19.1. The molecule has 1 aliphatic carbocycles. The number of anilines is 1. The number of benzene rings is 1.